The third-order valence-electron chi connectivity index (χ3n) is 1.62. The van der Waals surface area contributed by atoms with Crippen molar-refractivity contribution >= 4 is 5.69 Å². The normalized spacial score (nSPS) is 8.83. The summed E-state index contributed by atoms with van der Waals surface area (Å²) in [5.74, 6) is 0. The number of hydrogen-bond donors (Lipinski definition) is 0. The molecule has 3 nitrogen and oxygen atoms in total. The topological polar surface area (TPSA) is 43.1 Å². The second-order valence-corrected chi connectivity index (χ2v) is 2.50. The monoisotopic (exact) mass is 215 g/mol. The van der Waals surface area contributed by atoms with Gasteiger partial charge in [0.05, 0.1) is 4.92 Å². The number of para-hydroxylation sites is 1. The fourth-order valence-electron chi connectivity index (χ4n) is 1.09. The van der Waals surface area contributed by atoms with Crippen molar-refractivity contribution in [2.24, 2.45) is 0 Å². The van der Waals surface area contributed by atoms with Gasteiger partial charge in [-0.1, -0.05) is 18.2 Å². The van der Waals surface area contributed by atoms with Crippen LogP contribution in [0.15, 0.2) is 18.2 Å². The molecule has 0 spiro atoms. The first kappa shape index (κ1) is 11.2. The fraction of sp³-hybridized carbons (Fsp3) is 0.250. The van der Waals surface area contributed by atoms with E-state index in [4.69, 9.17) is 0 Å². The molecule has 0 atom stereocenters. The minimum Gasteiger partial charge on any atom is -0.258 e. The van der Waals surface area contributed by atoms with Crippen LogP contribution >= 0.6 is 0 Å². The molecular formula is C8H9NO2Zn. The predicted molar refractivity (Wildman–Crippen MR) is 42.6 cm³/mol. The van der Waals surface area contributed by atoms with Gasteiger partial charge in [-0.25, -0.2) is 0 Å². The van der Waals surface area contributed by atoms with E-state index in [1.54, 1.807) is 26.0 Å². The Labute approximate surface area is 83.7 Å². The minimum absolute atomic E-state index is 0. The maximum Gasteiger partial charge on any atom is 0.275 e. The fourth-order valence-corrected chi connectivity index (χ4v) is 1.09. The maximum absolute atomic E-state index is 10.4. The summed E-state index contributed by atoms with van der Waals surface area (Å²) in [6.07, 6.45) is 0. The van der Waals surface area contributed by atoms with Crippen molar-refractivity contribution in [3.05, 3.63) is 39.4 Å². The van der Waals surface area contributed by atoms with Crippen molar-refractivity contribution in [2.45, 2.75) is 13.8 Å². The molecule has 0 saturated carbocycles. The van der Waals surface area contributed by atoms with E-state index in [1.165, 1.54) is 0 Å². The zero-order chi connectivity index (χ0) is 8.43. The van der Waals surface area contributed by atoms with E-state index in [9.17, 15) is 10.1 Å². The van der Waals surface area contributed by atoms with Gasteiger partial charge < -0.3 is 0 Å². The Balaban J connectivity index is 0.00000121. The average molecular weight is 217 g/mol. The Morgan fingerprint density at radius 3 is 1.92 bits per heavy atom. The molecule has 0 bridgehead atoms. The van der Waals surface area contributed by atoms with Crippen molar-refractivity contribution < 1.29 is 24.4 Å². The van der Waals surface area contributed by atoms with Crippen molar-refractivity contribution in [2.75, 3.05) is 0 Å². The molecule has 0 aliphatic heterocycles. The molecule has 1 rings (SSSR count). The van der Waals surface area contributed by atoms with Crippen molar-refractivity contribution in [1.82, 2.24) is 0 Å². The van der Waals surface area contributed by atoms with Crippen molar-refractivity contribution in [3.63, 3.8) is 0 Å². The van der Waals surface area contributed by atoms with E-state index >= 15 is 0 Å². The number of aryl methyl sites for hydroxylation is 2. The third kappa shape index (κ3) is 2.11. The van der Waals surface area contributed by atoms with Crippen molar-refractivity contribution in [3.8, 4) is 0 Å². The summed E-state index contributed by atoms with van der Waals surface area (Å²) in [5.41, 5.74) is 1.66. The molecule has 0 aliphatic carbocycles. The SMILES string of the molecule is Cc1cccc(C)c1[N+](=O)[O-].[Zn]. The number of nitro groups is 1. The number of nitro benzene ring substituents is 1. The number of nitrogens with zero attached hydrogens (tertiary/aromatic N) is 1. The van der Waals surface area contributed by atoms with Gasteiger partial charge in [-0.15, -0.1) is 0 Å². The van der Waals surface area contributed by atoms with E-state index in [0.717, 1.165) is 11.1 Å². The van der Waals surface area contributed by atoms with Gasteiger partial charge in [-0.05, 0) is 13.8 Å². The predicted octanol–water partition coefficient (Wildman–Crippen LogP) is 2.21. The van der Waals surface area contributed by atoms with E-state index in [2.05, 4.69) is 0 Å². The molecule has 0 aliphatic rings. The average Bonchev–Trinajstić information content (AvgIpc) is 1.85. The Morgan fingerprint density at radius 1 is 1.25 bits per heavy atom. The first-order valence-electron chi connectivity index (χ1n) is 3.33. The van der Waals surface area contributed by atoms with Crippen LogP contribution in [0.2, 0.25) is 0 Å². The van der Waals surface area contributed by atoms with Gasteiger partial charge in [0.15, 0.2) is 0 Å². The van der Waals surface area contributed by atoms with Crippen LogP contribution in [0.1, 0.15) is 11.1 Å². The summed E-state index contributed by atoms with van der Waals surface area (Å²) in [6.45, 7) is 3.48. The van der Waals surface area contributed by atoms with Crippen LogP contribution in [0.25, 0.3) is 0 Å². The summed E-state index contributed by atoms with van der Waals surface area (Å²) >= 11 is 0. The van der Waals surface area contributed by atoms with E-state index in [-0.39, 0.29) is 30.1 Å². The summed E-state index contributed by atoms with van der Waals surface area (Å²) in [4.78, 5) is 10.1. The van der Waals surface area contributed by atoms with Crippen LogP contribution < -0.4 is 0 Å². The first-order valence-corrected chi connectivity index (χ1v) is 3.33. The maximum atomic E-state index is 10.4. The number of benzene rings is 1. The Hall–Kier alpha value is -0.757. The number of hydrogen-bond acceptors (Lipinski definition) is 2. The van der Waals surface area contributed by atoms with Gasteiger partial charge in [0.1, 0.15) is 0 Å². The second kappa shape index (κ2) is 4.31. The van der Waals surface area contributed by atoms with E-state index in [1.807, 2.05) is 6.07 Å². The van der Waals surface area contributed by atoms with Gasteiger partial charge in [0, 0.05) is 30.6 Å². The van der Waals surface area contributed by atoms with Gasteiger partial charge in [-0.2, -0.15) is 0 Å². The van der Waals surface area contributed by atoms with Crippen LogP contribution in [0.4, 0.5) is 5.69 Å². The summed E-state index contributed by atoms with van der Waals surface area (Å²) in [6, 6.07) is 5.30. The molecule has 0 fully saturated rings. The first-order chi connectivity index (χ1) is 5.13. The van der Waals surface area contributed by atoms with E-state index < -0.39 is 0 Å². The molecule has 0 N–H and O–H groups in total. The zero-order valence-corrected chi connectivity index (χ0v) is 10.2. The molecule has 12 heavy (non-hydrogen) atoms. The molecule has 0 radical (unpaired) electrons. The second-order valence-electron chi connectivity index (χ2n) is 2.50. The molecule has 0 heterocycles. The van der Waals surface area contributed by atoms with Crippen LogP contribution in [0.3, 0.4) is 0 Å². The quantitative estimate of drug-likeness (QED) is 0.410. The molecule has 0 amide bonds. The van der Waals surface area contributed by atoms with Crippen LogP contribution in [-0.4, -0.2) is 4.92 Å². The molecule has 0 aromatic heterocycles. The molecule has 1 aromatic rings. The molecule has 0 saturated heterocycles. The Bertz CT molecular complexity index is 279. The van der Waals surface area contributed by atoms with Crippen LogP contribution in [0.5, 0.6) is 0 Å². The smallest absolute Gasteiger partial charge is 0.258 e. The Kier molecular flexibility index (Phi) is 4.04. The van der Waals surface area contributed by atoms with E-state index in [0.29, 0.717) is 0 Å². The standard InChI is InChI=1S/C8H9NO2.Zn/c1-6-4-3-5-7(2)8(6)9(10)11;/h3-5H,1-2H3;. The summed E-state index contributed by atoms with van der Waals surface area (Å²) in [5, 5.41) is 10.4. The molecule has 1 aromatic carbocycles. The van der Waals surface area contributed by atoms with Gasteiger partial charge in [0.25, 0.3) is 5.69 Å². The largest absolute Gasteiger partial charge is 0.275 e. The molecular weight excluding hydrogens is 207 g/mol. The Morgan fingerprint density at radius 2 is 1.67 bits per heavy atom. The van der Waals surface area contributed by atoms with Gasteiger partial charge in [-0.3, -0.25) is 10.1 Å². The van der Waals surface area contributed by atoms with Gasteiger partial charge in [0.2, 0.25) is 0 Å². The third-order valence-corrected chi connectivity index (χ3v) is 1.62. The molecule has 4 heteroatoms. The summed E-state index contributed by atoms with van der Waals surface area (Å²) < 4.78 is 0. The van der Waals surface area contributed by atoms with Crippen LogP contribution in [0, 0.1) is 24.0 Å². The number of rotatable bonds is 1. The molecule has 0 unspecified atom stereocenters. The van der Waals surface area contributed by atoms with Crippen LogP contribution in [-0.2, 0) is 19.5 Å². The molecule has 60 valence electrons. The van der Waals surface area contributed by atoms with Crippen molar-refractivity contribution in [1.29, 1.82) is 0 Å². The summed E-state index contributed by atoms with van der Waals surface area (Å²) in [7, 11) is 0. The zero-order valence-electron chi connectivity index (χ0n) is 7.20. The minimum atomic E-state index is -0.343. The van der Waals surface area contributed by atoms with Gasteiger partial charge >= 0.3 is 0 Å².